The minimum atomic E-state index is -1.56. The average molecular weight is 634 g/mol. The van der Waals surface area contributed by atoms with Gasteiger partial charge in [-0.25, -0.2) is 0 Å². The van der Waals surface area contributed by atoms with Crippen LogP contribution in [0.5, 0.6) is 0 Å². The van der Waals surface area contributed by atoms with Gasteiger partial charge in [0.2, 0.25) is 11.8 Å². The molecular formula is C34H36ClN3O7. The summed E-state index contributed by atoms with van der Waals surface area (Å²) in [5.41, 5.74) is 0.353. The van der Waals surface area contributed by atoms with Gasteiger partial charge in [-0.05, 0) is 37.5 Å². The van der Waals surface area contributed by atoms with Crippen molar-refractivity contribution >= 4 is 41.0 Å². The molecule has 0 aromatic heterocycles. The fourth-order valence-corrected chi connectivity index (χ4v) is 7.46. The third-order valence-corrected chi connectivity index (χ3v) is 9.43. The molecule has 2 aromatic rings. The highest BCUT2D eigenvalue weighted by atomic mass is 35.5. The highest BCUT2D eigenvalue weighted by molar-refractivity contribution is 6.34. The van der Waals surface area contributed by atoms with E-state index in [2.05, 4.69) is 5.32 Å². The fourth-order valence-electron chi connectivity index (χ4n) is 7.13. The second-order valence-corrected chi connectivity index (χ2v) is 12.4. The van der Waals surface area contributed by atoms with E-state index >= 15 is 0 Å². The third-order valence-electron chi connectivity index (χ3n) is 9.12. The predicted molar refractivity (Wildman–Crippen MR) is 166 cm³/mol. The summed E-state index contributed by atoms with van der Waals surface area (Å²) >= 11 is 6.65. The summed E-state index contributed by atoms with van der Waals surface area (Å²) in [6.45, 7) is 3.33. The number of aliphatic hydroxyl groups excluding tert-OH is 1. The summed E-state index contributed by atoms with van der Waals surface area (Å²) in [6, 6.07) is 12.2. The number of hydrogen-bond acceptors (Lipinski definition) is 7. The Bertz CT molecular complexity index is 1540. The number of nitrogens with zero attached hydrogens (tertiary/aromatic N) is 2. The Morgan fingerprint density at radius 1 is 1.07 bits per heavy atom. The number of hydrogen-bond donors (Lipinski definition) is 2. The summed E-state index contributed by atoms with van der Waals surface area (Å²) in [7, 11) is 0. The number of aryl methyl sites for hydroxylation is 1. The first-order valence-corrected chi connectivity index (χ1v) is 15.6. The number of rotatable bonds is 4. The number of benzene rings is 2. The van der Waals surface area contributed by atoms with Crippen LogP contribution in [0.2, 0.25) is 5.02 Å². The molecule has 4 aliphatic heterocycles. The van der Waals surface area contributed by atoms with Crippen molar-refractivity contribution < 1.29 is 33.8 Å². The van der Waals surface area contributed by atoms with Gasteiger partial charge in [0, 0.05) is 13.0 Å². The van der Waals surface area contributed by atoms with Gasteiger partial charge in [0.05, 0.1) is 41.9 Å². The zero-order valence-electron chi connectivity index (χ0n) is 25.1. The van der Waals surface area contributed by atoms with E-state index in [1.807, 2.05) is 19.1 Å². The van der Waals surface area contributed by atoms with E-state index in [0.717, 1.165) is 5.56 Å². The number of nitrogens with one attached hydrogen (secondary N) is 1. The van der Waals surface area contributed by atoms with Crippen LogP contribution >= 0.6 is 11.6 Å². The van der Waals surface area contributed by atoms with Crippen LogP contribution in [0.3, 0.4) is 0 Å². The molecule has 11 heteroatoms. The summed E-state index contributed by atoms with van der Waals surface area (Å²) in [5.74, 6) is -3.98. The molecule has 7 atom stereocenters. The fraction of sp³-hybridized carbons (Fsp3) is 0.412. The van der Waals surface area contributed by atoms with Crippen molar-refractivity contribution in [1.29, 1.82) is 0 Å². The SMILES string of the molecule is Cc1cccc(Cl)c1N1CC=C[C@]23O[C@@H]4/C=C\CCC(=O)NC[C@@H](C)OC(=O)[C@@H]4[C@H]2C(=O)N([C@H](CO)c2ccccc2)[C@@H]3C1=O. The molecule has 6 rings (SSSR count). The summed E-state index contributed by atoms with van der Waals surface area (Å²) in [4.78, 5) is 58.7. The van der Waals surface area contributed by atoms with Gasteiger partial charge in [-0.3, -0.25) is 19.2 Å². The summed E-state index contributed by atoms with van der Waals surface area (Å²) in [5, 5.41) is 13.9. The minimum Gasteiger partial charge on any atom is -0.460 e. The number of esters is 1. The van der Waals surface area contributed by atoms with Crippen LogP contribution in [0.15, 0.2) is 72.8 Å². The average Bonchev–Trinajstić information content (AvgIpc) is 3.41. The Hall–Kier alpha value is -3.99. The van der Waals surface area contributed by atoms with Gasteiger partial charge in [0.1, 0.15) is 23.7 Å². The quantitative estimate of drug-likeness (QED) is 0.391. The Kier molecular flexibility index (Phi) is 8.56. The highest BCUT2D eigenvalue weighted by Gasteiger charge is 2.72. The number of aliphatic hydroxyl groups is 1. The maximum absolute atomic E-state index is 14.9. The first kappa shape index (κ1) is 31.0. The first-order chi connectivity index (χ1) is 21.7. The van der Waals surface area contributed by atoms with Gasteiger partial charge in [0.25, 0.3) is 5.91 Å². The second kappa shape index (κ2) is 12.4. The molecule has 4 aliphatic rings. The van der Waals surface area contributed by atoms with Gasteiger partial charge < -0.3 is 29.7 Å². The Morgan fingerprint density at radius 2 is 1.84 bits per heavy atom. The second-order valence-electron chi connectivity index (χ2n) is 12.0. The number of fused-ring (bicyclic) bond motifs is 2. The van der Waals surface area contributed by atoms with Gasteiger partial charge in [-0.2, -0.15) is 0 Å². The molecule has 0 bridgehead atoms. The van der Waals surface area contributed by atoms with Crippen molar-refractivity contribution in [2.24, 2.45) is 11.8 Å². The van der Waals surface area contributed by atoms with E-state index in [1.54, 1.807) is 67.6 Å². The molecule has 2 saturated heterocycles. The lowest BCUT2D eigenvalue weighted by Crippen LogP contribution is -2.56. The number of ether oxygens (including phenoxy) is 2. The zero-order chi connectivity index (χ0) is 31.9. The maximum atomic E-state index is 14.9. The van der Waals surface area contributed by atoms with Crippen LogP contribution in [0, 0.1) is 18.8 Å². The van der Waals surface area contributed by atoms with Gasteiger partial charge in [0.15, 0.2) is 0 Å². The summed E-state index contributed by atoms with van der Waals surface area (Å²) in [6.07, 6.45) is 6.01. The van der Waals surface area contributed by atoms with E-state index in [0.29, 0.717) is 22.7 Å². The van der Waals surface area contributed by atoms with Crippen molar-refractivity contribution in [3.63, 3.8) is 0 Å². The van der Waals surface area contributed by atoms with Gasteiger partial charge >= 0.3 is 5.97 Å². The molecule has 0 saturated carbocycles. The van der Waals surface area contributed by atoms with Crippen LogP contribution in [0.4, 0.5) is 5.69 Å². The van der Waals surface area contributed by atoms with E-state index in [9.17, 15) is 24.3 Å². The van der Waals surface area contributed by atoms with Crippen molar-refractivity contribution in [3.8, 4) is 0 Å². The van der Waals surface area contributed by atoms with Crippen LogP contribution in [0.25, 0.3) is 0 Å². The molecule has 2 N–H and O–H groups in total. The van der Waals surface area contributed by atoms with E-state index in [1.165, 1.54) is 9.80 Å². The van der Waals surface area contributed by atoms with E-state index in [4.69, 9.17) is 21.1 Å². The largest absolute Gasteiger partial charge is 0.460 e. The number of para-hydroxylation sites is 1. The topological polar surface area (TPSA) is 125 Å². The number of carbonyl (C=O) groups is 4. The Balaban J connectivity index is 1.51. The molecule has 2 aromatic carbocycles. The zero-order valence-corrected chi connectivity index (χ0v) is 25.9. The monoisotopic (exact) mass is 633 g/mol. The van der Waals surface area contributed by atoms with Crippen molar-refractivity contribution in [2.75, 3.05) is 24.6 Å². The smallest absolute Gasteiger partial charge is 0.313 e. The number of halogens is 1. The maximum Gasteiger partial charge on any atom is 0.313 e. The number of anilines is 1. The Labute approximate surface area is 266 Å². The molecule has 1 spiro atoms. The van der Waals surface area contributed by atoms with Crippen LogP contribution in [-0.2, 0) is 28.7 Å². The predicted octanol–water partition coefficient (Wildman–Crippen LogP) is 3.26. The highest BCUT2D eigenvalue weighted by Crippen LogP contribution is 2.55. The molecular weight excluding hydrogens is 598 g/mol. The van der Waals surface area contributed by atoms with Crippen molar-refractivity contribution in [1.82, 2.24) is 10.2 Å². The molecule has 4 heterocycles. The van der Waals surface area contributed by atoms with E-state index < -0.39 is 66.1 Å². The number of amides is 3. The normalized spacial score (nSPS) is 31.5. The molecule has 2 fully saturated rings. The van der Waals surface area contributed by atoms with Crippen molar-refractivity contribution in [2.45, 2.75) is 56.6 Å². The Morgan fingerprint density at radius 3 is 2.58 bits per heavy atom. The molecule has 0 aliphatic carbocycles. The van der Waals surface area contributed by atoms with Crippen LogP contribution in [-0.4, -0.2) is 77.2 Å². The summed E-state index contributed by atoms with van der Waals surface area (Å²) < 4.78 is 12.5. The van der Waals surface area contributed by atoms with Crippen LogP contribution in [0.1, 0.15) is 36.9 Å². The van der Waals surface area contributed by atoms with Crippen molar-refractivity contribution in [3.05, 3.63) is 89.0 Å². The molecule has 0 radical (unpaired) electrons. The van der Waals surface area contributed by atoms with Gasteiger partial charge in [-0.1, -0.05) is 78.4 Å². The number of allylic oxidation sites excluding steroid dienone is 1. The minimum absolute atomic E-state index is 0.121. The lowest BCUT2D eigenvalue weighted by atomic mass is 9.78. The molecule has 0 unspecified atom stereocenters. The number of likely N-dealkylation sites (tertiary alicyclic amines) is 1. The lowest BCUT2D eigenvalue weighted by molar-refractivity contribution is -0.159. The number of cyclic esters (lactones) is 1. The molecule has 45 heavy (non-hydrogen) atoms. The lowest BCUT2D eigenvalue weighted by Gasteiger charge is -2.39. The van der Waals surface area contributed by atoms with E-state index in [-0.39, 0.29) is 25.4 Å². The molecule has 236 valence electrons. The third kappa shape index (κ3) is 5.34. The van der Waals surface area contributed by atoms with Gasteiger partial charge in [-0.15, -0.1) is 0 Å². The standard InChI is InChI=1S/C34H36ClN3O7/c1-20-10-8-13-23(35)29(20)37-17-9-16-34-28(27-25(45-34)14-6-7-15-26(40)36-18-21(2)44-33(27)43)31(41)38(30(34)32(37)42)24(19-39)22-11-4-3-5-12-22/h3-6,8-14,16,21,24-25,27-28,30,39H,7,15,17-19H2,1-2H3,(H,36,40)/b14-6-/t21-,24-,25-,27+,28+,30-,34+/m1/s1. The molecule has 3 amide bonds. The first-order valence-electron chi connectivity index (χ1n) is 15.2. The number of carbonyl (C=O) groups excluding carboxylic acids is 4. The van der Waals surface area contributed by atoms with Crippen LogP contribution < -0.4 is 10.2 Å². The molecule has 10 nitrogen and oxygen atoms in total.